The SMILES string of the molecule is COc1ccc2c3c1O[C@H]1C(OC(=O)C[C@H](OC(=O)[C@H](C)O)C(=O)O[C@@H](C)C(=O)O[C@H](CC(=O)O)C(=O)O)=CC[C@@]4(O)[C@@H](C2)C(C)CC[C@]314. The number of aliphatic hydroxyl groups is 2. The molecule has 1 aromatic rings. The third kappa shape index (κ3) is 6.18. The lowest BCUT2D eigenvalue weighted by Gasteiger charge is -2.61. The van der Waals surface area contributed by atoms with Crippen molar-refractivity contribution in [2.45, 2.75) is 101 Å². The molecule has 0 saturated heterocycles. The van der Waals surface area contributed by atoms with Gasteiger partial charge in [0.1, 0.15) is 11.9 Å². The second kappa shape index (κ2) is 13.3. The maximum atomic E-state index is 13.4. The van der Waals surface area contributed by atoms with Gasteiger partial charge in [0.15, 0.2) is 23.7 Å². The van der Waals surface area contributed by atoms with Gasteiger partial charge in [0, 0.05) is 5.56 Å². The topological polar surface area (TPSA) is 239 Å². The van der Waals surface area contributed by atoms with Gasteiger partial charge in [-0.1, -0.05) is 13.0 Å². The van der Waals surface area contributed by atoms with Crippen LogP contribution in [-0.2, 0) is 59.6 Å². The Bertz CT molecular complexity index is 1600. The van der Waals surface area contributed by atoms with E-state index in [1.165, 1.54) is 7.11 Å². The minimum atomic E-state index is -2.09. The van der Waals surface area contributed by atoms with Gasteiger partial charge >= 0.3 is 35.8 Å². The first-order valence-electron chi connectivity index (χ1n) is 15.8. The fourth-order valence-corrected chi connectivity index (χ4v) is 7.57. The van der Waals surface area contributed by atoms with Crippen molar-refractivity contribution in [2.75, 3.05) is 7.11 Å². The van der Waals surface area contributed by atoms with Crippen LogP contribution in [-0.4, -0.2) is 99.5 Å². The molecule has 5 rings (SSSR count). The summed E-state index contributed by atoms with van der Waals surface area (Å²) < 4.78 is 32.4. The zero-order chi connectivity index (χ0) is 36.0. The summed E-state index contributed by atoms with van der Waals surface area (Å²) in [6, 6.07) is 3.75. The molecule has 49 heavy (non-hydrogen) atoms. The zero-order valence-corrected chi connectivity index (χ0v) is 27.2. The Kier molecular flexibility index (Phi) is 9.67. The summed E-state index contributed by atoms with van der Waals surface area (Å²) in [6.07, 6.45) is -6.99. The smallest absolute Gasteiger partial charge is 0.348 e. The van der Waals surface area contributed by atoms with Gasteiger partial charge in [-0.2, -0.15) is 0 Å². The average molecular weight is 691 g/mol. The molecule has 1 heterocycles. The summed E-state index contributed by atoms with van der Waals surface area (Å²) in [5.74, 6) is -7.52. The number of carbonyl (C=O) groups excluding carboxylic acids is 4. The fourth-order valence-electron chi connectivity index (χ4n) is 7.57. The van der Waals surface area contributed by atoms with Crippen molar-refractivity contribution >= 4 is 35.8 Å². The number of aliphatic hydroxyl groups excluding tert-OH is 1. The van der Waals surface area contributed by atoms with E-state index >= 15 is 0 Å². The van der Waals surface area contributed by atoms with Crippen molar-refractivity contribution in [3.05, 3.63) is 35.1 Å². The van der Waals surface area contributed by atoms with E-state index < -0.39 is 90.2 Å². The Labute approximate surface area is 279 Å². The molecule has 1 saturated carbocycles. The minimum Gasteiger partial charge on any atom is -0.493 e. The summed E-state index contributed by atoms with van der Waals surface area (Å²) in [6.45, 7) is 4.13. The summed E-state index contributed by atoms with van der Waals surface area (Å²) >= 11 is 0. The first kappa shape index (κ1) is 35.6. The van der Waals surface area contributed by atoms with Crippen molar-refractivity contribution in [3.63, 3.8) is 0 Å². The minimum absolute atomic E-state index is 0.0677. The van der Waals surface area contributed by atoms with Gasteiger partial charge < -0.3 is 48.8 Å². The number of benzene rings is 1. The Hall–Kier alpha value is -4.70. The van der Waals surface area contributed by atoms with Gasteiger partial charge in [0.25, 0.3) is 0 Å². The number of carboxylic acid groups (broad SMARTS) is 2. The van der Waals surface area contributed by atoms with E-state index in [-0.39, 0.29) is 24.0 Å². The van der Waals surface area contributed by atoms with Crippen LogP contribution < -0.4 is 9.47 Å². The Balaban J connectivity index is 1.35. The normalized spacial score (nSPS) is 28.2. The highest BCUT2D eigenvalue weighted by molar-refractivity contribution is 5.88. The number of hydrogen-bond acceptors (Lipinski definition) is 14. The van der Waals surface area contributed by atoms with Gasteiger partial charge in [0.2, 0.25) is 12.2 Å². The molecule has 1 unspecified atom stereocenters. The first-order chi connectivity index (χ1) is 23.0. The van der Waals surface area contributed by atoms with Crippen LogP contribution in [0.25, 0.3) is 0 Å². The predicted octanol–water partition coefficient (Wildman–Crippen LogP) is 0.944. The van der Waals surface area contributed by atoms with E-state index in [4.69, 9.17) is 33.9 Å². The molecule has 266 valence electrons. The van der Waals surface area contributed by atoms with Gasteiger partial charge in [-0.25, -0.2) is 19.2 Å². The lowest BCUT2D eigenvalue weighted by molar-refractivity contribution is -0.186. The van der Waals surface area contributed by atoms with Crippen LogP contribution in [0.1, 0.15) is 64.0 Å². The third-order valence-electron chi connectivity index (χ3n) is 9.90. The van der Waals surface area contributed by atoms with Gasteiger partial charge in [-0.05, 0) is 69.1 Å². The van der Waals surface area contributed by atoms with Gasteiger partial charge in [-0.15, -0.1) is 0 Å². The fraction of sp³-hybridized carbons (Fsp3) is 0.576. The van der Waals surface area contributed by atoms with E-state index in [2.05, 4.69) is 11.7 Å². The van der Waals surface area contributed by atoms with Crippen LogP contribution in [0.4, 0.5) is 0 Å². The van der Waals surface area contributed by atoms with E-state index in [0.29, 0.717) is 24.3 Å². The van der Waals surface area contributed by atoms with Gasteiger partial charge in [-0.3, -0.25) is 9.59 Å². The number of esters is 4. The Morgan fingerprint density at radius 2 is 1.67 bits per heavy atom. The molecule has 1 aliphatic heterocycles. The maximum Gasteiger partial charge on any atom is 0.348 e. The summed E-state index contributed by atoms with van der Waals surface area (Å²) in [5.41, 5.74) is -0.368. The highest BCUT2D eigenvalue weighted by Crippen LogP contribution is 2.68. The van der Waals surface area contributed by atoms with Crippen molar-refractivity contribution in [2.24, 2.45) is 11.8 Å². The number of rotatable bonds is 13. The van der Waals surface area contributed by atoms with Crippen LogP contribution in [0.15, 0.2) is 24.0 Å². The molecule has 3 aliphatic carbocycles. The number of hydrogen-bond donors (Lipinski definition) is 4. The van der Waals surface area contributed by atoms with Crippen LogP contribution in [0.5, 0.6) is 11.5 Å². The van der Waals surface area contributed by atoms with Crippen LogP contribution >= 0.6 is 0 Å². The molecule has 9 atom stereocenters. The van der Waals surface area contributed by atoms with Crippen molar-refractivity contribution in [1.82, 2.24) is 0 Å². The molecule has 1 spiro atoms. The largest absolute Gasteiger partial charge is 0.493 e. The molecular formula is C33H38O16. The molecule has 2 bridgehead atoms. The summed E-state index contributed by atoms with van der Waals surface area (Å²) in [7, 11) is 1.49. The number of ether oxygens (including phenoxy) is 6. The van der Waals surface area contributed by atoms with Crippen molar-refractivity contribution in [3.8, 4) is 11.5 Å². The molecule has 4 aliphatic rings. The standard InChI is InChI=1S/C33H38O16/c1-14-7-9-32-25-17-5-6-19(44-4)26(25)49-27(32)20(8-10-33(32,43)18(14)11-17)46-24(37)13-22(48-29(40)15(2)34)31(42)45-16(3)30(41)47-21(28(38)39)12-23(35)36/h5-6,8,14-16,18,21-22,27,34,43H,7,9-13H2,1-4H3,(H,35,36)(H,38,39)/t14?,15-,16-,18-,21+,22-,27-,32-,33+/m0/s1. The highest BCUT2D eigenvalue weighted by Gasteiger charge is 2.72. The third-order valence-corrected chi connectivity index (χ3v) is 9.90. The van der Waals surface area contributed by atoms with Crippen molar-refractivity contribution < 1.29 is 77.6 Å². The average Bonchev–Trinajstić information content (AvgIpc) is 3.39. The summed E-state index contributed by atoms with van der Waals surface area (Å²) in [5, 5.41) is 40.0. The molecule has 16 nitrogen and oxygen atoms in total. The molecular weight excluding hydrogens is 652 g/mol. The molecule has 1 fully saturated rings. The Morgan fingerprint density at radius 3 is 2.31 bits per heavy atom. The second-order valence-electron chi connectivity index (χ2n) is 12.9. The Morgan fingerprint density at radius 1 is 0.980 bits per heavy atom. The molecule has 0 aromatic heterocycles. The molecule has 1 aromatic carbocycles. The number of carbonyl (C=O) groups is 6. The lowest BCUT2D eigenvalue weighted by Crippen LogP contribution is -2.69. The monoisotopic (exact) mass is 690 g/mol. The van der Waals surface area contributed by atoms with Crippen molar-refractivity contribution in [1.29, 1.82) is 0 Å². The zero-order valence-electron chi connectivity index (χ0n) is 27.2. The maximum absolute atomic E-state index is 13.4. The number of aliphatic carboxylic acids is 2. The van der Waals surface area contributed by atoms with Crippen LogP contribution in [0.3, 0.4) is 0 Å². The molecule has 16 heteroatoms. The first-order valence-corrected chi connectivity index (χ1v) is 15.8. The van der Waals surface area contributed by atoms with E-state index in [9.17, 15) is 39.0 Å². The van der Waals surface area contributed by atoms with E-state index in [1.807, 2.05) is 6.07 Å². The summed E-state index contributed by atoms with van der Waals surface area (Å²) in [4.78, 5) is 73.3. The van der Waals surface area contributed by atoms with E-state index in [1.54, 1.807) is 12.1 Å². The molecule has 4 N–H and O–H groups in total. The number of carboxylic acids is 2. The van der Waals surface area contributed by atoms with Gasteiger partial charge in [0.05, 0.1) is 31.0 Å². The van der Waals surface area contributed by atoms with Crippen LogP contribution in [0.2, 0.25) is 0 Å². The van der Waals surface area contributed by atoms with Crippen LogP contribution in [0, 0.1) is 11.8 Å². The molecule has 0 amide bonds. The molecule has 0 radical (unpaired) electrons. The van der Waals surface area contributed by atoms with E-state index in [0.717, 1.165) is 31.4 Å². The predicted molar refractivity (Wildman–Crippen MR) is 160 cm³/mol. The lowest BCUT2D eigenvalue weighted by atomic mass is 9.45. The second-order valence-corrected chi connectivity index (χ2v) is 12.9. The quantitative estimate of drug-likeness (QED) is 0.166. The highest BCUT2D eigenvalue weighted by atomic mass is 16.6. The number of methoxy groups -OCH3 is 1.